The molecule has 1 N–H and O–H groups in total. The Balaban J connectivity index is 1.68. The fourth-order valence-electron chi connectivity index (χ4n) is 2.19. The van der Waals surface area contributed by atoms with Crippen LogP contribution in [0.1, 0.15) is 12.8 Å². The monoisotopic (exact) mass is 346 g/mol. The van der Waals surface area contributed by atoms with Gasteiger partial charge in [0.25, 0.3) is 0 Å². The Hall–Kier alpha value is -2.03. The molecule has 0 radical (unpaired) electrons. The number of aromatic nitrogens is 6. The third-order valence-electron chi connectivity index (χ3n) is 3.51. The van der Waals surface area contributed by atoms with Gasteiger partial charge in [-0.2, -0.15) is 5.21 Å². The summed E-state index contributed by atoms with van der Waals surface area (Å²) in [4.78, 5) is 9.07. The molecule has 4 rings (SSSR count). The number of tetrazole rings is 1. The maximum Gasteiger partial charge on any atom is 0.223 e. The Bertz CT molecular complexity index is 839. The lowest BCUT2D eigenvalue weighted by atomic mass is 10.1. The van der Waals surface area contributed by atoms with Crippen LogP contribution in [0.3, 0.4) is 0 Å². The minimum absolute atomic E-state index is 0.252. The maximum atomic E-state index is 12.3. The smallest absolute Gasteiger partial charge is 0.223 e. The molecule has 0 aliphatic heterocycles. The normalized spacial score (nSPS) is 15.6. The SMILES string of the molecule is [O-][S+](c1ccc(-c2cc(-c3nn[nH]n3)ncn2)cc1Cl)C1CC1. The molecular weight excluding hydrogens is 336 g/mol. The molecule has 3 aromatic rings. The molecule has 116 valence electrons. The van der Waals surface area contributed by atoms with Gasteiger partial charge in [-0.3, -0.25) is 0 Å². The van der Waals surface area contributed by atoms with E-state index in [2.05, 4.69) is 30.6 Å². The number of aromatic amines is 1. The van der Waals surface area contributed by atoms with Crippen LogP contribution in [0.5, 0.6) is 0 Å². The summed E-state index contributed by atoms with van der Waals surface area (Å²) in [6.07, 6.45) is 3.44. The molecule has 1 fully saturated rings. The Morgan fingerprint density at radius 3 is 2.70 bits per heavy atom. The van der Waals surface area contributed by atoms with E-state index in [9.17, 15) is 4.55 Å². The largest absolute Gasteiger partial charge is 0.611 e. The molecule has 0 saturated heterocycles. The molecular formula is C14H11ClN6OS. The number of hydrogen-bond donors (Lipinski definition) is 1. The van der Waals surface area contributed by atoms with E-state index in [1.54, 1.807) is 12.1 Å². The zero-order valence-corrected chi connectivity index (χ0v) is 13.4. The van der Waals surface area contributed by atoms with Crippen molar-refractivity contribution in [2.24, 2.45) is 0 Å². The lowest BCUT2D eigenvalue weighted by Crippen LogP contribution is -2.07. The van der Waals surface area contributed by atoms with Gasteiger partial charge in [-0.1, -0.05) is 11.6 Å². The van der Waals surface area contributed by atoms with Crippen molar-refractivity contribution in [1.82, 2.24) is 30.6 Å². The van der Waals surface area contributed by atoms with Gasteiger partial charge >= 0.3 is 0 Å². The summed E-state index contributed by atoms with van der Waals surface area (Å²) in [6.45, 7) is 0. The standard InChI is InChI=1S/C14H11ClN6OS/c15-10-5-8(1-4-13(10)23(22)9-2-3-9)11-6-12(17-7-16-11)14-18-20-21-19-14/h1,4-7,9H,2-3H2,(H,18,19,20,21). The van der Waals surface area contributed by atoms with Gasteiger partial charge < -0.3 is 4.55 Å². The van der Waals surface area contributed by atoms with Crippen LogP contribution in [0, 0.1) is 0 Å². The number of rotatable bonds is 4. The van der Waals surface area contributed by atoms with Crippen LogP contribution < -0.4 is 0 Å². The molecule has 0 amide bonds. The van der Waals surface area contributed by atoms with Crippen LogP contribution in [0.15, 0.2) is 35.5 Å². The highest BCUT2D eigenvalue weighted by atomic mass is 35.5. The molecule has 1 saturated carbocycles. The molecule has 9 heteroatoms. The zero-order chi connectivity index (χ0) is 15.8. The average molecular weight is 347 g/mol. The van der Waals surface area contributed by atoms with Gasteiger partial charge in [-0.15, -0.1) is 10.2 Å². The Morgan fingerprint density at radius 1 is 1.17 bits per heavy atom. The van der Waals surface area contributed by atoms with Crippen LogP contribution >= 0.6 is 11.6 Å². The highest BCUT2D eigenvalue weighted by Gasteiger charge is 2.36. The van der Waals surface area contributed by atoms with E-state index in [0.29, 0.717) is 27.1 Å². The number of benzene rings is 1. The van der Waals surface area contributed by atoms with E-state index in [1.807, 2.05) is 12.1 Å². The van der Waals surface area contributed by atoms with Crippen LogP contribution in [0.25, 0.3) is 22.8 Å². The minimum atomic E-state index is -1.03. The molecule has 2 heterocycles. The first-order chi connectivity index (χ1) is 11.2. The Kier molecular flexibility index (Phi) is 3.72. The maximum absolute atomic E-state index is 12.3. The topological polar surface area (TPSA) is 103 Å². The van der Waals surface area contributed by atoms with E-state index >= 15 is 0 Å². The average Bonchev–Trinajstić information content (AvgIpc) is 3.28. The Labute approximate surface area is 139 Å². The van der Waals surface area contributed by atoms with Crippen molar-refractivity contribution in [2.45, 2.75) is 23.0 Å². The molecule has 23 heavy (non-hydrogen) atoms. The first-order valence-corrected chi connectivity index (χ1v) is 8.58. The summed E-state index contributed by atoms with van der Waals surface area (Å²) in [6, 6.07) is 7.21. The summed E-state index contributed by atoms with van der Waals surface area (Å²) < 4.78 is 12.3. The quantitative estimate of drug-likeness (QED) is 0.726. The number of hydrogen-bond acceptors (Lipinski definition) is 6. The van der Waals surface area contributed by atoms with Gasteiger partial charge in [-0.05, 0) is 40.7 Å². The van der Waals surface area contributed by atoms with E-state index in [1.165, 1.54) is 6.33 Å². The summed E-state index contributed by atoms with van der Waals surface area (Å²) in [5.41, 5.74) is 2.06. The molecule has 1 atom stereocenters. The summed E-state index contributed by atoms with van der Waals surface area (Å²) in [5.74, 6) is 0.395. The lowest BCUT2D eigenvalue weighted by Gasteiger charge is -2.11. The molecule has 1 aliphatic rings. The molecule has 2 aromatic heterocycles. The van der Waals surface area contributed by atoms with Crippen LogP contribution in [0.2, 0.25) is 5.02 Å². The van der Waals surface area contributed by atoms with Gasteiger partial charge in [0.15, 0.2) is 4.90 Å². The number of nitrogens with zero attached hydrogens (tertiary/aromatic N) is 5. The highest BCUT2D eigenvalue weighted by molar-refractivity contribution is 7.92. The van der Waals surface area contributed by atoms with Gasteiger partial charge in [0, 0.05) is 18.4 Å². The molecule has 1 unspecified atom stereocenters. The van der Waals surface area contributed by atoms with E-state index in [0.717, 1.165) is 18.4 Å². The van der Waals surface area contributed by atoms with Crippen molar-refractivity contribution in [1.29, 1.82) is 0 Å². The van der Waals surface area contributed by atoms with E-state index in [-0.39, 0.29) is 5.25 Å². The van der Waals surface area contributed by atoms with Crippen molar-refractivity contribution in [3.63, 3.8) is 0 Å². The third-order valence-corrected chi connectivity index (χ3v) is 5.80. The van der Waals surface area contributed by atoms with Gasteiger partial charge in [-0.25, -0.2) is 9.97 Å². The second-order valence-electron chi connectivity index (χ2n) is 5.17. The molecule has 1 aliphatic carbocycles. The van der Waals surface area contributed by atoms with E-state index < -0.39 is 11.2 Å². The fourth-order valence-corrected chi connectivity index (χ4v) is 3.98. The predicted octanol–water partition coefficient (Wildman–Crippen LogP) is 2.25. The number of halogens is 1. The predicted molar refractivity (Wildman–Crippen MR) is 85.1 cm³/mol. The molecule has 1 aromatic carbocycles. The first-order valence-electron chi connectivity index (χ1n) is 6.99. The lowest BCUT2D eigenvalue weighted by molar-refractivity contribution is 0.594. The van der Waals surface area contributed by atoms with Crippen LogP contribution in [-0.2, 0) is 11.2 Å². The van der Waals surface area contributed by atoms with Gasteiger partial charge in [0.1, 0.15) is 17.3 Å². The Morgan fingerprint density at radius 2 is 2.00 bits per heavy atom. The number of H-pyrrole nitrogens is 1. The number of nitrogens with one attached hydrogen (secondary N) is 1. The summed E-state index contributed by atoms with van der Waals surface area (Å²) >= 11 is 5.28. The first kappa shape index (κ1) is 14.6. The van der Waals surface area contributed by atoms with Gasteiger partial charge in [0.05, 0.1) is 10.7 Å². The second kappa shape index (κ2) is 5.88. The third kappa shape index (κ3) is 2.92. The molecule has 0 spiro atoms. The van der Waals surface area contributed by atoms with Crippen LogP contribution in [0.4, 0.5) is 0 Å². The van der Waals surface area contributed by atoms with Crippen molar-refractivity contribution >= 4 is 22.8 Å². The van der Waals surface area contributed by atoms with Gasteiger partial charge in [0.2, 0.25) is 5.82 Å². The van der Waals surface area contributed by atoms with E-state index in [4.69, 9.17) is 11.6 Å². The van der Waals surface area contributed by atoms with Crippen molar-refractivity contribution in [3.05, 3.63) is 35.6 Å². The van der Waals surface area contributed by atoms with Crippen LogP contribution in [-0.4, -0.2) is 40.4 Å². The summed E-state index contributed by atoms with van der Waals surface area (Å²) in [7, 11) is 0. The minimum Gasteiger partial charge on any atom is -0.611 e. The molecule has 0 bridgehead atoms. The van der Waals surface area contributed by atoms with Crippen molar-refractivity contribution in [3.8, 4) is 22.8 Å². The second-order valence-corrected chi connectivity index (χ2v) is 7.27. The summed E-state index contributed by atoms with van der Waals surface area (Å²) in [5, 5.41) is 14.4. The fraction of sp³-hybridized carbons (Fsp3) is 0.214. The molecule has 7 nitrogen and oxygen atoms in total. The zero-order valence-electron chi connectivity index (χ0n) is 11.8. The highest BCUT2D eigenvalue weighted by Crippen LogP contribution is 2.37. The van der Waals surface area contributed by atoms with Crippen molar-refractivity contribution in [2.75, 3.05) is 0 Å². The van der Waals surface area contributed by atoms with Crippen molar-refractivity contribution < 1.29 is 4.55 Å².